The molecular formula is C16H15N5O. The first-order chi connectivity index (χ1) is 10.7. The molecule has 0 saturated heterocycles. The molecule has 1 aromatic heterocycles. The van der Waals surface area contributed by atoms with E-state index in [2.05, 4.69) is 10.4 Å². The van der Waals surface area contributed by atoms with Gasteiger partial charge >= 0.3 is 0 Å². The first kappa shape index (κ1) is 15.1. The van der Waals surface area contributed by atoms with Crippen molar-refractivity contribution in [2.24, 2.45) is 7.05 Å². The van der Waals surface area contributed by atoms with Gasteiger partial charge in [0.1, 0.15) is 30.1 Å². The highest BCUT2D eigenvalue weighted by Gasteiger charge is 2.07. The van der Waals surface area contributed by atoms with Crippen LogP contribution in [0.4, 0.5) is 5.69 Å². The lowest BCUT2D eigenvalue weighted by atomic mass is 10.2. The average Bonchev–Trinajstić information content (AvgIpc) is 2.86. The molecule has 0 aliphatic rings. The highest BCUT2D eigenvalue weighted by Crippen LogP contribution is 2.25. The molecule has 0 spiro atoms. The number of rotatable bonds is 5. The van der Waals surface area contributed by atoms with Gasteiger partial charge in [-0.15, -0.1) is 0 Å². The average molecular weight is 293 g/mol. The van der Waals surface area contributed by atoms with Gasteiger partial charge in [0, 0.05) is 24.5 Å². The Labute approximate surface area is 128 Å². The quantitative estimate of drug-likeness (QED) is 0.856. The van der Waals surface area contributed by atoms with Crippen molar-refractivity contribution in [2.45, 2.75) is 13.5 Å². The molecule has 0 bridgehead atoms. The zero-order valence-corrected chi connectivity index (χ0v) is 12.4. The Bertz CT molecular complexity index is 761. The molecule has 0 amide bonds. The first-order valence-corrected chi connectivity index (χ1v) is 6.62. The fraction of sp³-hybridized carbons (Fsp3) is 0.188. The summed E-state index contributed by atoms with van der Waals surface area (Å²) in [6.07, 6.45) is 3.13. The highest BCUT2D eigenvalue weighted by atomic mass is 16.5. The van der Waals surface area contributed by atoms with Crippen molar-refractivity contribution in [3.05, 3.63) is 53.5 Å². The van der Waals surface area contributed by atoms with Crippen molar-refractivity contribution in [1.29, 1.82) is 10.5 Å². The SMILES string of the molecule is Cc1c(COc2ccccc2NC=C(C#N)C#N)cnn1C. The van der Waals surface area contributed by atoms with Crippen LogP contribution in [-0.4, -0.2) is 9.78 Å². The molecule has 2 rings (SSSR count). The first-order valence-electron chi connectivity index (χ1n) is 6.62. The van der Waals surface area contributed by atoms with Crippen LogP contribution >= 0.6 is 0 Å². The smallest absolute Gasteiger partial charge is 0.145 e. The number of hydrogen-bond acceptors (Lipinski definition) is 5. The number of para-hydroxylation sites is 2. The summed E-state index contributed by atoms with van der Waals surface area (Å²) in [7, 11) is 1.88. The Morgan fingerprint density at radius 2 is 2.09 bits per heavy atom. The number of nitrogens with one attached hydrogen (secondary N) is 1. The topological polar surface area (TPSA) is 86.7 Å². The molecule has 0 radical (unpaired) electrons. The lowest BCUT2D eigenvalue weighted by molar-refractivity contribution is 0.307. The minimum absolute atomic E-state index is 0.00194. The molecule has 2 aromatic rings. The van der Waals surface area contributed by atoms with Gasteiger partial charge in [0.15, 0.2) is 0 Å². The van der Waals surface area contributed by atoms with Crippen molar-refractivity contribution in [3.63, 3.8) is 0 Å². The summed E-state index contributed by atoms with van der Waals surface area (Å²) in [5, 5.41) is 24.6. The summed E-state index contributed by atoms with van der Waals surface area (Å²) in [4.78, 5) is 0. The Morgan fingerprint density at radius 3 is 2.73 bits per heavy atom. The van der Waals surface area contributed by atoms with Crippen LogP contribution in [0.25, 0.3) is 0 Å². The largest absolute Gasteiger partial charge is 0.487 e. The van der Waals surface area contributed by atoms with Crippen LogP contribution in [0.2, 0.25) is 0 Å². The minimum Gasteiger partial charge on any atom is -0.487 e. The maximum atomic E-state index is 8.74. The highest BCUT2D eigenvalue weighted by molar-refractivity contribution is 5.59. The van der Waals surface area contributed by atoms with E-state index in [1.54, 1.807) is 23.0 Å². The summed E-state index contributed by atoms with van der Waals surface area (Å²) >= 11 is 0. The molecule has 22 heavy (non-hydrogen) atoms. The standard InChI is InChI=1S/C16H15N5O/c1-12-14(10-20-21(12)2)11-22-16-6-4-3-5-15(16)19-9-13(7-17)8-18/h3-6,9-10,19H,11H2,1-2H3. The summed E-state index contributed by atoms with van der Waals surface area (Å²) in [5.74, 6) is 0.636. The van der Waals surface area contributed by atoms with Gasteiger partial charge in [-0.1, -0.05) is 12.1 Å². The van der Waals surface area contributed by atoms with Gasteiger partial charge in [-0.3, -0.25) is 4.68 Å². The number of aryl methyl sites for hydroxylation is 1. The van der Waals surface area contributed by atoms with Gasteiger partial charge in [-0.05, 0) is 19.1 Å². The molecule has 0 unspecified atom stereocenters. The van der Waals surface area contributed by atoms with Crippen LogP contribution < -0.4 is 10.1 Å². The maximum Gasteiger partial charge on any atom is 0.145 e. The second-order valence-electron chi connectivity index (χ2n) is 4.59. The zero-order chi connectivity index (χ0) is 15.9. The number of anilines is 1. The van der Waals surface area contributed by atoms with Crippen molar-refractivity contribution in [2.75, 3.05) is 5.32 Å². The van der Waals surface area contributed by atoms with Gasteiger partial charge < -0.3 is 10.1 Å². The van der Waals surface area contributed by atoms with Crippen molar-refractivity contribution in [3.8, 4) is 17.9 Å². The predicted octanol–water partition coefficient (Wildman–Crippen LogP) is 2.65. The molecule has 110 valence electrons. The van der Waals surface area contributed by atoms with Gasteiger partial charge in [-0.2, -0.15) is 15.6 Å². The lowest BCUT2D eigenvalue weighted by Gasteiger charge is -2.11. The normalized spacial score (nSPS) is 9.45. The molecule has 1 aromatic carbocycles. The van der Waals surface area contributed by atoms with E-state index in [0.29, 0.717) is 18.0 Å². The molecule has 6 heteroatoms. The second-order valence-corrected chi connectivity index (χ2v) is 4.59. The van der Waals surface area contributed by atoms with Gasteiger partial charge in [0.2, 0.25) is 0 Å². The van der Waals surface area contributed by atoms with E-state index >= 15 is 0 Å². The van der Waals surface area contributed by atoms with E-state index in [1.807, 2.05) is 38.2 Å². The Hall–Kier alpha value is -3.25. The number of nitriles is 2. The second kappa shape index (κ2) is 6.96. The Kier molecular flexibility index (Phi) is 4.79. The van der Waals surface area contributed by atoms with E-state index in [1.165, 1.54) is 6.20 Å². The van der Waals surface area contributed by atoms with Gasteiger partial charge in [0.25, 0.3) is 0 Å². The third kappa shape index (κ3) is 3.44. The monoisotopic (exact) mass is 293 g/mol. The van der Waals surface area contributed by atoms with E-state index in [-0.39, 0.29) is 5.57 Å². The van der Waals surface area contributed by atoms with Crippen LogP contribution in [0.3, 0.4) is 0 Å². The van der Waals surface area contributed by atoms with Crippen LogP contribution in [0.1, 0.15) is 11.3 Å². The summed E-state index contributed by atoms with van der Waals surface area (Å²) in [6, 6.07) is 10.9. The van der Waals surface area contributed by atoms with E-state index in [9.17, 15) is 0 Å². The molecular weight excluding hydrogens is 278 g/mol. The molecule has 0 fully saturated rings. The fourth-order valence-electron chi connectivity index (χ4n) is 1.79. The fourth-order valence-corrected chi connectivity index (χ4v) is 1.79. The van der Waals surface area contributed by atoms with E-state index in [4.69, 9.17) is 15.3 Å². The third-order valence-electron chi connectivity index (χ3n) is 3.22. The number of ether oxygens (including phenoxy) is 1. The molecule has 6 nitrogen and oxygen atoms in total. The predicted molar refractivity (Wildman–Crippen MR) is 81.7 cm³/mol. The van der Waals surface area contributed by atoms with Crippen molar-refractivity contribution >= 4 is 5.69 Å². The molecule has 1 heterocycles. The van der Waals surface area contributed by atoms with E-state index < -0.39 is 0 Å². The summed E-state index contributed by atoms with van der Waals surface area (Å²) in [5.41, 5.74) is 2.73. The van der Waals surface area contributed by atoms with Gasteiger partial charge in [-0.25, -0.2) is 0 Å². The lowest BCUT2D eigenvalue weighted by Crippen LogP contribution is -2.01. The molecule has 0 atom stereocenters. The summed E-state index contributed by atoms with van der Waals surface area (Å²) in [6.45, 7) is 2.37. The van der Waals surface area contributed by atoms with Crippen LogP contribution in [-0.2, 0) is 13.7 Å². The molecule has 1 N–H and O–H groups in total. The van der Waals surface area contributed by atoms with E-state index in [0.717, 1.165) is 11.3 Å². The number of aromatic nitrogens is 2. The van der Waals surface area contributed by atoms with Crippen LogP contribution in [0.15, 0.2) is 42.2 Å². The number of nitrogens with zero attached hydrogens (tertiary/aromatic N) is 4. The van der Waals surface area contributed by atoms with Crippen LogP contribution in [0.5, 0.6) is 5.75 Å². The summed E-state index contributed by atoms with van der Waals surface area (Å²) < 4.78 is 7.60. The zero-order valence-electron chi connectivity index (χ0n) is 12.4. The molecule has 0 aliphatic heterocycles. The van der Waals surface area contributed by atoms with Crippen LogP contribution in [0, 0.1) is 29.6 Å². The number of hydrogen-bond donors (Lipinski definition) is 1. The van der Waals surface area contributed by atoms with Crippen molar-refractivity contribution in [1.82, 2.24) is 9.78 Å². The Balaban J connectivity index is 2.12. The third-order valence-corrected chi connectivity index (χ3v) is 3.22. The molecule has 0 aliphatic carbocycles. The Morgan fingerprint density at radius 1 is 1.36 bits per heavy atom. The maximum absolute atomic E-state index is 8.74. The molecule has 0 saturated carbocycles. The number of benzene rings is 1. The van der Waals surface area contributed by atoms with Crippen molar-refractivity contribution < 1.29 is 4.74 Å². The number of allylic oxidation sites excluding steroid dienone is 1. The minimum atomic E-state index is -0.00194. The van der Waals surface area contributed by atoms with Gasteiger partial charge in [0.05, 0.1) is 11.9 Å².